The highest BCUT2D eigenvalue weighted by molar-refractivity contribution is 5.24. The highest BCUT2D eigenvalue weighted by atomic mass is 14.9. The summed E-state index contributed by atoms with van der Waals surface area (Å²) in [5.41, 5.74) is 3.90. The molecule has 0 spiro atoms. The van der Waals surface area contributed by atoms with Crippen molar-refractivity contribution < 1.29 is 0 Å². The molecule has 76 valence electrons. The van der Waals surface area contributed by atoms with Crippen molar-refractivity contribution in [2.75, 3.05) is 13.1 Å². The Bertz CT molecular complexity index is 314. The van der Waals surface area contributed by atoms with Crippen LogP contribution in [-0.4, -0.2) is 18.1 Å². The van der Waals surface area contributed by atoms with Crippen molar-refractivity contribution >= 4 is 0 Å². The van der Waals surface area contributed by atoms with Crippen molar-refractivity contribution in [1.29, 1.82) is 0 Å². The molecule has 1 aliphatic rings. The molecule has 2 heteroatoms. The first-order chi connectivity index (χ1) is 6.75. The van der Waals surface area contributed by atoms with Gasteiger partial charge in [0.05, 0.1) is 0 Å². The van der Waals surface area contributed by atoms with Crippen LogP contribution in [-0.2, 0) is 6.42 Å². The fraction of sp³-hybridized carbons (Fsp3) is 0.583. The number of rotatable bonds is 2. The van der Waals surface area contributed by atoms with E-state index in [4.69, 9.17) is 0 Å². The van der Waals surface area contributed by atoms with Gasteiger partial charge in [0, 0.05) is 11.9 Å². The molecule has 2 nitrogen and oxygen atoms in total. The third kappa shape index (κ3) is 2.13. The molecule has 1 fully saturated rings. The average molecular weight is 190 g/mol. The van der Waals surface area contributed by atoms with Crippen LogP contribution in [0.1, 0.15) is 23.2 Å². The molecule has 1 saturated heterocycles. The van der Waals surface area contributed by atoms with Crippen molar-refractivity contribution in [3.05, 3.63) is 29.1 Å². The second-order valence-electron chi connectivity index (χ2n) is 4.32. The van der Waals surface area contributed by atoms with Crippen molar-refractivity contribution in [2.45, 2.75) is 26.7 Å². The number of aromatic nitrogens is 1. The minimum absolute atomic E-state index is 0.796. The quantitative estimate of drug-likeness (QED) is 0.770. The largest absolute Gasteiger partial charge is 0.316 e. The molecule has 1 aliphatic heterocycles. The number of nitrogens with zero attached hydrogens (tertiary/aromatic N) is 1. The van der Waals surface area contributed by atoms with Gasteiger partial charge in [0.25, 0.3) is 0 Å². The molecule has 1 N–H and O–H groups in total. The number of pyridine rings is 1. The van der Waals surface area contributed by atoms with E-state index < -0.39 is 0 Å². The Morgan fingerprint density at radius 1 is 1.43 bits per heavy atom. The first-order valence-electron chi connectivity index (χ1n) is 5.38. The minimum Gasteiger partial charge on any atom is -0.316 e. The van der Waals surface area contributed by atoms with E-state index in [2.05, 4.69) is 30.2 Å². The molecule has 0 amide bonds. The lowest BCUT2D eigenvalue weighted by atomic mass is 10.0. The third-order valence-electron chi connectivity index (χ3n) is 3.09. The summed E-state index contributed by atoms with van der Waals surface area (Å²) >= 11 is 0. The van der Waals surface area contributed by atoms with Gasteiger partial charge in [-0.15, -0.1) is 0 Å². The van der Waals surface area contributed by atoms with Gasteiger partial charge in [-0.05, 0) is 62.9 Å². The molecule has 1 aromatic rings. The lowest BCUT2D eigenvalue weighted by Gasteiger charge is -2.08. The summed E-state index contributed by atoms with van der Waals surface area (Å²) in [6.07, 6.45) is 4.43. The van der Waals surface area contributed by atoms with E-state index in [0.717, 1.165) is 18.9 Å². The van der Waals surface area contributed by atoms with Crippen LogP contribution in [0.3, 0.4) is 0 Å². The Balaban J connectivity index is 2.05. The normalized spacial score (nSPS) is 21.4. The summed E-state index contributed by atoms with van der Waals surface area (Å²) < 4.78 is 0. The second kappa shape index (κ2) is 4.09. The highest BCUT2D eigenvalue weighted by Crippen LogP contribution is 2.15. The molecule has 14 heavy (non-hydrogen) atoms. The van der Waals surface area contributed by atoms with E-state index in [9.17, 15) is 0 Å². The summed E-state index contributed by atoms with van der Waals surface area (Å²) in [6.45, 7) is 6.61. The van der Waals surface area contributed by atoms with Crippen molar-refractivity contribution in [3.8, 4) is 0 Å². The Kier molecular flexibility index (Phi) is 2.82. The van der Waals surface area contributed by atoms with Crippen molar-refractivity contribution in [2.24, 2.45) is 5.92 Å². The van der Waals surface area contributed by atoms with Crippen LogP contribution in [0.15, 0.2) is 12.3 Å². The number of aryl methyl sites for hydroxylation is 2. The molecular formula is C12H18N2. The maximum absolute atomic E-state index is 4.47. The van der Waals surface area contributed by atoms with Crippen molar-refractivity contribution in [3.63, 3.8) is 0 Å². The molecule has 2 rings (SSSR count). The Hall–Kier alpha value is -0.890. The molecule has 0 bridgehead atoms. The maximum atomic E-state index is 4.47. The summed E-state index contributed by atoms with van der Waals surface area (Å²) in [7, 11) is 0. The Morgan fingerprint density at radius 3 is 2.93 bits per heavy atom. The van der Waals surface area contributed by atoms with E-state index in [1.165, 1.54) is 29.8 Å². The number of nitrogens with one attached hydrogen (secondary N) is 1. The lowest BCUT2D eigenvalue weighted by Crippen LogP contribution is -2.11. The van der Waals surface area contributed by atoms with Gasteiger partial charge in [-0.25, -0.2) is 0 Å². The van der Waals surface area contributed by atoms with Gasteiger partial charge in [-0.1, -0.05) is 0 Å². The zero-order valence-corrected chi connectivity index (χ0v) is 9.01. The molecule has 0 aromatic carbocycles. The van der Waals surface area contributed by atoms with E-state index in [0.29, 0.717) is 0 Å². The van der Waals surface area contributed by atoms with Crippen LogP contribution >= 0.6 is 0 Å². The predicted octanol–water partition coefficient (Wildman–Crippen LogP) is 1.85. The molecular weight excluding hydrogens is 172 g/mol. The van der Waals surface area contributed by atoms with Gasteiger partial charge in [-0.2, -0.15) is 0 Å². The SMILES string of the molecule is Cc1cnc(CC2CCNC2)cc1C. The molecule has 1 atom stereocenters. The predicted molar refractivity (Wildman–Crippen MR) is 58.4 cm³/mol. The molecule has 0 radical (unpaired) electrons. The topological polar surface area (TPSA) is 24.9 Å². The van der Waals surface area contributed by atoms with Gasteiger partial charge in [0.15, 0.2) is 0 Å². The van der Waals surface area contributed by atoms with E-state index >= 15 is 0 Å². The second-order valence-corrected chi connectivity index (χ2v) is 4.32. The number of hydrogen-bond acceptors (Lipinski definition) is 2. The van der Waals surface area contributed by atoms with Crippen LogP contribution in [0.2, 0.25) is 0 Å². The zero-order valence-electron chi connectivity index (χ0n) is 9.01. The summed E-state index contributed by atoms with van der Waals surface area (Å²) in [6, 6.07) is 2.23. The maximum Gasteiger partial charge on any atom is 0.0409 e. The van der Waals surface area contributed by atoms with E-state index in [1.54, 1.807) is 0 Å². The third-order valence-corrected chi connectivity index (χ3v) is 3.09. The van der Waals surface area contributed by atoms with Gasteiger partial charge in [0.1, 0.15) is 0 Å². The first kappa shape index (κ1) is 9.66. The lowest BCUT2D eigenvalue weighted by molar-refractivity contribution is 0.571. The molecule has 1 unspecified atom stereocenters. The van der Waals surface area contributed by atoms with Crippen LogP contribution in [0, 0.1) is 19.8 Å². The summed E-state index contributed by atoms with van der Waals surface area (Å²) in [5, 5.41) is 3.39. The first-order valence-corrected chi connectivity index (χ1v) is 5.38. The monoisotopic (exact) mass is 190 g/mol. The smallest absolute Gasteiger partial charge is 0.0409 e. The summed E-state index contributed by atoms with van der Waals surface area (Å²) in [4.78, 5) is 4.47. The van der Waals surface area contributed by atoms with E-state index in [-0.39, 0.29) is 0 Å². The molecule has 1 aromatic heterocycles. The van der Waals surface area contributed by atoms with Gasteiger partial charge < -0.3 is 5.32 Å². The molecule has 0 aliphatic carbocycles. The van der Waals surface area contributed by atoms with Gasteiger partial charge >= 0.3 is 0 Å². The standard InChI is InChI=1S/C12H18N2/c1-9-5-12(14-7-10(9)2)6-11-3-4-13-8-11/h5,7,11,13H,3-4,6,8H2,1-2H3. The van der Waals surface area contributed by atoms with Crippen LogP contribution in [0.25, 0.3) is 0 Å². The van der Waals surface area contributed by atoms with Crippen LogP contribution in [0.5, 0.6) is 0 Å². The van der Waals surface area contributed by atoms with E-state index in [1.807, 2.05) is 6.20 Å². The average Bonchev–Trinajstić information content (AvgIpc) is 2.64. The highest BCUT2D eigenvalue weighted by Gasteiger charge is 2.15. The summed E-state index contributed by atoms with van der Waals surface area (Å²) in [5.74, 6) is 0.796. The fourth-order valence-electron chi connectivity index (χ4n) is 1.98. The zero-order chi connectivity index (χ0) is 9.97. The van der Waals surface area contributed by atoms with Gasteiger partial charge in [0.2, 0.25) is 0 Å². The number of hydrogen-bond donors (Lipinski definition) is 1. The van der Waals surface area contributed by atoms with Crippen LogP contribution in [0.4, 0.5) is 0 Å². The minimum atomic E-state index is 0.796. The Morgan fingerprint density at radius 2 is 2.29 bits per heavy atom. The molecule has 2 heterocycles. The fourth-order valence-corrected chi connectivity index (χ4v) is 1.98. The van der Waals surface area contributed by atoms with Crippen LogP contribution < -0.4 is 5.32 Å². The van der Waals surface area contributed by atoms with Gasteiger partial charge in [-0.3, -0.25) is 4.98 Å². The molecule has 0 saturated carbocycles. The van der Waals surface area contributed by atoms with Crippen molar-refractivity contribution in [1.82, 2.24) is 10.3 Å². The Labute approximate surface area is 85.7 Å².